The third-order valence-corrected chi connectivity index (χ3v) is 3.73. The van der Waals surface area contributed by atoms with E-state index >= 15 is 0 Å². The molecule has 0 spiro atoms. The predicted octanol–water partition coefficient (Wildman–Crippen LogP) is 2.08. The van der Waals surface area contributed by atoms with Gasteiger partial charge in [0.2, 0.25) is 0 Å². The number of nitrogens with two attached hydrogens (primary N) is 1. The molecule has 2 fully saturated rings. The van der Waals surface area contributed by atoms with Crippen LogP contribution in [0.4, 0.5) is 13.2 Å². The highest BCUT2D eigenvalue weighted by atomic mass is 19.4. The second-order valence-electron chi connectivity index (χ2n) is 4.67. The summed E-state index contributed by atoms with van der Waals surface area (Å²) in [5.74, 6) is 1.10. The maximum absolute atomic E-state index is 11.8. The molecule has 2 aliphatic carbocycles. The molecule has 0 saturated heterocycles. The van der Waals surface area contributed by atoms with Gasteiger partial charge in [0, 0.05) is 12.1 Å². The van der Waals surface area contributed by atoms with Gasteiger partial charge in [-0.3, -0.25) is 0 Å². The number of rotatable bonds is 4. The minimum absolute atomic E-state index is 0.128. The van der Waals surface area contributed by atoms with Crippen LogP contribution in [-0.2, 0) is 4.74 Å². The van der Waals surface area contributed by atoms with Crippen molar-refractivity contribution in [1.29, 1.82) is 0 Å². The Bertz CT molecular complexity index is 231. The Labute approximate surface area is 87.0 Å². The van der Waals surface area contributed by atoms with Gasteiger partial charge in [0.15, 0.2) is 0 Å². The van der Waals surface area contributed by atoms with Crippen molar-refractivity contribution in [2.45, 2.75) is 37.4 Å². The van der Waals surface area contributed by atoms with Crippen LogP contribution >= 0.6 is 0 Å². The van der Waals surface area contributed by atoms with Gasteiger partial charge < -0.3 is 10.5 Å². The molecule has 0 aliphatic heterocycles. The largest absolute Gasteiger partial charge is 0.411 e. The third-order valence-electron chi connectivity index (χ3n) is 3.73. The van der Waals surface area contributed by atoms with Crippen LogP contribution in [0.5, 0.6) is 0 Å². The van der Waals surface area contributed by atoms with Gasteiger partial charge in [-0.25, -0.2) is 0 Å². The molecule has 2 rings (SSSR count). The van der Waals surface area contributed by atoms with Crippen molar-refractivity contribution in [3.05, 3.63) is 0 Å². The lowest BCUT2D eigenvalue weighted by atomic mass is 10.0. The fourth-order valence-corrected chi connectivity index (χ4v) is 2.93. The molecule has 15 heavy (non-hydrogen) atoms. The molecule has 2 aliphatic rings. The van der Waals surface area contributed by atoms with Crippen molar-refractivity contribution in [2.24, 2.45) is 17.6 Å². The summed E-state index contributed by atoms with van der Waals surface area (Å²) >= 11 is 0. The number of hydrogen-bond donors (Lipinski definition) is 1. The van der Waals surface area contributed by atoms with Crippen molar-refractivity contribution < 1.29 is 17.9 Å². The highest BCUT2D eigenvalue weighted by Crippen LogP contribution is 2.60. The van der Waals surface area contributed by atoms with E-state index in [0.29, 0.717) is 18.3 Å². The molecule has 5 heteroatoms. The van der Waals surface area contributed by atoms with Crippen LogP contribution in [0.25, 0.3) is 0 Å². The van der Waals surface area contributed by atoms with E-state index in [9.17, 15) is 13.2 Å². The van der Waals surface area contributed by atoms with E-state index in [4.69, 9.17) is 5.73 Å². The number of halogens is 3. The summed E-state index contributed by atoms with van der Waals surface area (Å²) in [5.41, 5.74) is 5.88. The van der Waals surface area contributed by atoms with Crippen molar-refractivity contribution in [2.75, 3.05) is 13.2 Å². The van der Waals surface area contributed by atoms with Crippen LogP contribution in [-0.4, -0.2) is 24.9 Å². The zero-order valence-corrected chi connectivity index (χ0v) is 8.52. The number of fused-ring (bicyclic) bond motifs is 1. The maximum atomic E-state index is 11.8. The predicted molar refractivity (Wildman–Crippen MR) is 49.2 cm³/mol. The maximum Gasteiger partial charge on any atom is 0.411 e. The van der Waals surface area contributed by atoms with Gasteiger partial charge in [-0.2, -0.15) is 13.2 Å². The number of hydrogen-bond acceptors (Lipinski definition) is 2. The summed E-state index contributed by atoms with van der Waals surface area (Å²) in [6.45, 7) is -1.03. The smallest absolute Gasteiger partial charge is 0.372 e. The highest BCUT2D eigenvalue weighted by molar-refractivity contribution is 5.18. The van der Waals surface area contributed by atoms with E-state index in [1.54, 1.807) is 0 Å². The molecule has 0 aromatic heterocycles. The summed E-state index contributed by atoms with van der Waals surface area (Å²) < 4.78 is 39.9. The van der Waals surface area contributed by atoms with Crippen LogP contribution in [0.2, 0.25) is 0 Å². The van der Waals surface area contributed by atoms with Crippen molar-refractivity contribution in [1.82, 2.24) is 0 Å². The average molecular weight is 223 g/mol. The van der Waals surface area contributed by atoms with E-state index in [-0.39, 0.29) is 12.1 Å². The lowest BCUT2D eigenvalue weighted by Gasteiger charge is -2.15. The van der Waals surface area contributed by atoms with Gasteiger partial charge in [0.1, 0.15) is 6.61 Å². The first kappa shape index (κ1) is 11.2. The fraction of sp³-hybridized carbons (Fsp3) is 1.00. The molecule has 2 atom stereocenters. The Morgan fingerprint density at radius 2 is 1.87 bits per heavy atom. The van der Waals surface area contributed by atoms with Gasteiger partial charge in [-0.1, -0.05) is 6.42 Å². The van der Waals surface area contributed by atoms with Crippen LogP contribution in [0, 0.1) is 11.8 Å². The zero-order valence-electron chi connectivity index (χ0n) is 8.52. The topological polar surface area (TPSA) is 35.2 Å². The zero-order chi connectivity index (χ0) is 11.1. The van der Waals surface area contributed by atoms with E-state index in [0.717, 1.165) is 12.8 Å². The molecule has 0 amide bonds. The second kappa shape index (κ2) is 3.63. The quantitative estimate of drug-likeness (QED) is 0.740. The molecule has 0 aromatic carbocycles. The van der Waals surface area contributed by atoms with E-state index in [2.05, 4.69) is 4.74 Å². The molecule has 2 N–H and O–H groups in total. The minimum atomic E-state index is -4.22. The molecule has 0 aromatic rings. The molecule has 0 bridgehead atoms. The Morgan fingerprint density at radius 3 is 2.40 bits per heavy atom. The molecular weight excluding hydrogens is 207 g/mol. The molecule has 0 heterocycles. The van der Waals surface area contributed by atoms with Crippen LogP contribution in [0.15, 0.2) is 0 Å². The fourth-order valence-electron chi connectivity index (χ4n) is 2.93. The summed E-state index contributed by atoms with van der Waals surface area (Å²) in [6, 6.07) is 0. The molecule has 2 saturated carbocycles. The SMILES string of the molecule is NC1(CCOCC(F)(F)F)C2CCCC21. The summed E-state index contributed by atoms with van der Waals surface area (Å²) in [7, 11) is 0. The lowest BCUT2D eigenvalue weighted by Crippen LogP contribution is -2.31. The van der Waals surface area contributed by atoms with E-state index in [1.165, 1.54) is 6.42 Å². The van der Waals surface area contributed by atoms with Gasteiger partial charge in [-0.15, -0.1) is 0 Å². The molecule has 0 radical (unpaired) electrons. The first-order chi connectivity index (χ1) is 6.93. The van der Waals surface area contributed by atoms with Gasteiger partial charge in [0.25, 0.3) is 0 Å². The summed E-state index contributed by atoms with van der Waals surface area (Å²) in [4.78, 5) is 0. The normalized spacial score (nSPS) is 39.2. The summed E-state index contributed by atoms with van der Waals surface area (Å²) in [5, 5.41) is 0. The Hall–Kier alpha value is -0.290. The average Bonchev–Trinajstić information content (AvgIpc) is 2.54. The van der Waals surface area contributed by atoms with Crippen molar-refractivity contribution in [3.63, 3.8) is 0 Å². The van der Waals surface area contributed by atoms with Gasteiger partial charge >= 0.3 is 6.18 Å². The molecule has 88 valence electrons. The molecular formula is C10H16F3NO. The van der Waals surface area contributed by atoms with Gasteiger partial charge in [0.05, 0.1) is 0 Å². The Morgan fingerprint density at radius 1 is 1.27 bits per heavy atom. The first-order valence-electron chi connectivity index (χ1n) is 5.37. The van der Waals surface area contributed by atoms with E-state index in [1.807, 2.05) is 0 Å². The van der Waals surface area contributed by atoms with Crippen LogP contribution < -0.4 is 5.73 Å². The van der Waals surface area contributed by atoms with Crippen molar-refractivity contribution in [3.8, 4) is 0 Å². The Kier molecular flexibility index (Phi) is 2.71. The monoisotopic (exact) mass is 223 g/mol. The first-order valence-corrected chi connectivity index (χ1v) is 5.37. The minimum Gasteiger partial charge on any atom is -0.372 e. The lowest BCUT2D eigenvalue weighted by molar-refractivity contribution is -0.174. The Balaban J connectivity index is 1.63. The van der Waals surface area contributed by atoms with Crippen LogP contribution in [0.3, 0.4) is 0 Å². The third kappa shape index (κ3) is 2.28. The number of alkyl halides is 3. The van der Waals surface area contributed by atoms with Crippen molar-refractivity contribution >= 4 is 0 Å². The standard InChI is InChI=1S/C10H16F3NO/c11-10(12,13)6-15-5-4-9(14)7-2-1-3-8(7)9/h7-8H,1-6,14H2. The highest BCUT2D eigenvalue weighted by Gasteiger charge is 2.62. The van der Waals surface area contributed by atoms with Crippen LogP contribution in [0.1, 0.15) is 25.7 Å². The molecule has 2 nitrogen and oxygen atoms in total. The second-order valence-corrected chi connectivity index (χ2v) is 4.67. The summed E-state index contributed by atoms with van der Waals surface area (Å²) in [6.07, 6.45) is -0.155. The number of ether oxygens (including phenoxy) is 1. The molecule has 2 unspecified atom stereocenters. The van der Waals surface area contributed by atoms with Gasteiger partial charge in [-0.05, 0) is 31.1 Å². The van der Waals surface area contributed by atoms with E-state index < -0.39 is 12.8 Å².